The van der Waals surface area contributed by atoms with Crippen molar-refractivity contribution >= 4 is 11.7 Å². The minimum Gasteiger partial charge on any atom is -0.367 e. The molecule has 1 aromatic rings. The first-order chi connectivity index (χ1) is 7.77. The number of aromatic nitrogens is 1. The lowest BCUT2D eigenvalue weighted by atomic mass is 10.1. The molecular formula is C12H16N2O2. The highest BCUT2D eigenvalue weighted by molar-refractivity contribution is 6.07. The molecule has 1 aliphatic rings. The third-order valence-electron chi connectivity index (χ3n) is 2.94. The van der Waals surface area contributed by atoms with Gasteiger partial charge >= 0.3 is 0 Å². The molecule has 16 heavy (non-hydrogen) atoms. The van der Waals surface area contributed by atoms with Crippen LogP contribution in [0.5, 0.6) is 0 Å². The van der Waals surface area contributed by atoms with Gasteiger partial charge in [0.25, 0.3) is 0 Å². The van der Waals surface area contributed by atoms with E-state index in [1.165, 1.54) is 6.42 Å². The molecular weight excluding hydrogens is 204 g/mol. The van der Waals surface area contributed by atoms with Crippen LogP contribution < -0.4 is 0 Å². The van der Waals surface area contributed by atoms with E-state index >= 15 is 0 Å². The zero-order valence-corrected chi connectivity index (χ0v) is 9.24. The Morgan fingerprint density at radius 2 is 2.00 bits per heavy atom. The lowest BCUT2D eigenvalue weighted by Gasteiger charge is -2.26. The Morgan fingerprint density at radius 1 is 1.25 bits per heavy atom. The predicted octanol–water partition coefficient (Wildman–Crippen LogP) is 1.60. The van der Waals surface area contributed by atoms with Gasteiger partial charge in [-0.1, -0.05) is 0 Å². The van der Waals surface area contributed by atoms with Crippen LogP contribution >= 0.6 is 0 Å². The second-order valence-corrected chi connectivity index (χ2v) is 4.14. The number of piperidine rings is 1. The molecule has 2 rings (SSSR count). The molecule has 86 valence electrons. The number of likely N-dealkylation sites (tertiary alicyclic amines) is 1. The number of nitrogens with zero attached hydrogens (tertiary/aromatic N) is 1. The van der Waals surface area contributed by atoms with E-state index in [0.717, 1.165) is 25.9 Å². The number of rotatable bonds is 3. The summed E-state index contributed by atoms with van der Waals surface area (Å²) in [6.45, 7) is 1.61. The number of Topliss-reactive ketones (excluding diaryl/α,β-unsaturated/α-hetero) is 1. The summed E-state index contributed by atoms with van der Waals surface area (Å²) in [5.41, 5.74) is 0.588. The highest BCUT2D eigenvalue weighted by Crippen LogP contribution is 2.11. The molecule has 0 aliphatic carbocycles. The van der Waals surface area contributed by atoms with Crippen LogP contribution in [0.15, 0.2) is 18.5 Å². The average Bonchev–Trinajstić information content (AvgIpc) is 2.83. The number of H-pyrrole nitrogens is 1. The van der Waals surface area contributed by atoms with Crippen LogP contribution in [0.3, 0.4) is 0 Å². The Kier molecular flexibility index (Phi) is 3.39. The first-order valence-corrected chi connectivity index (χ1v) is 5.71. The van der Waals surface area contributed by atoms with Gasteiger partial charge in [-0.3, -0.25) is 9.59 Å². The first-order valence-electron chi connectivity index (χ1n) is 5.71. The van der Waals surface area contributed by atoms with Crippen LogP contribution in [0.1, 0.15) is 36.0 Å². The van der Waals surface area contributed by atoms with Crippen molar-refractivity contribution in [3.8, 4) is 0 Å². The van der Waals surface area contributed by atoms with Crippen molar-refractivity contribution in [2.75, 3.05) is 13.1 Å². The van der Waals surface area contributed by atoms with Crippen molar-refractivity contribution in [1.29, 1.82) is 0 Å². The van der Waals surface area contributed by atoms with Crippen molar-refractivity contribution in [3.63, 3.8) is 0 Å². The predicted molar refractivity (Wildman–Crippen MR) is 60.2 cm³/mol. The summed E-state index contributed by atoms with van der Waals surface area (Å²) in [6, 6.07) is 1.70. The van der Waals surface area contributed by atoms with E-state index < -0.39 is 0 Å². The second kappa shape index (κ2) is 4.96. The molecule has 1 aromatic heterocycles. The van der Waals surface area contributed by atoms with Crippen molar-refractivity contribution in [1.82, 2.24) is 9.88 Å². The van der Waals surface area contributed by atoms with Gasteiger partial charge < -0.3 is 9.88 Å². The summed E-state index contributed by atoms with van der Waals surface area (Å²) in [6.07, 6.45) is 6.63. The van der Waals surface area contributed by atoms with Crippen LogP contribution in [0.2, 0.25) is 0 Å². The van der Waals surface area contributed by atoms with Crippen molar-refractivity contribution in [2.45, 2.75) is 25.7 Å². The summed E-state index contributed by atoms with van der Waals surface area (Å²) in [5, 5.41) is 0. The maximum atomic E-state index is 11.8. The van der Waals surface area contributed by atoms with Crippen molar-refractivity contribution < 1.29 is 9.59 Å². The molecule has 0 spiro atoms. The molecule has 4 heteroatoms. The summed E-state index contributed by atoms with van der Waals surface area (Å²) in [5.74, 6) is -0.136. The molecule has 0 bridgehead atoms. The third kappa shape index (κ3) is 2.51. The zero-order valence-electron chi connectivity index (χ0n) is 9.24. The molecule has 0 aromatic carbocycles. The number of carbonyl (C=O) groups excluding carboxylic acids is 2. The number of ketones is 1. The van der Waals surface area contributed by atoms with Gasteiger partial charge in [0.05, 0.1) is 6.42 Å². The second-order valence-electron chi connectivity index (χ2n) is 4.14. The van der Waals surface area contributed by atoms with E-state index in [1.54, 1.807) is 23.4 Å². The molecule has 1 amide bonds. The summed E-state index contributed by atoms with van der Waals surface area (Å²) >= 11 is 0. The topological polar surface area (TPSA) is 53.2 Å². The average molecular weight is 220 g/mol. The normalized spacial score (nSPS) is 16.1. The number of carbonyl (C=O) groups is 2. The van der Waals surface area contributed by atoms with E-state index in [1.807, 2.05) is 0 Å². The van der Waals surface area contributed by atoms with Crippen LogP contribution in [-0.4, -0.2) is 34.7 Å². The van der Waals surface area contributed by atoms with E-state index in [4.69, 9.17) is 0 Å². The largest absolute Gasteiger partial charge is 0.367 e. The highest BCUT2D eigenvalue weighted by atomic mass is 16.2. The molecule has 0 saturated carbocycles. The molecule has 0 unspecified atom stereocenters. The van der Waals surface area contributed by atoms with Gasteiger partial charge in [0.1, 0.15) is 0 Å². The number of amides is 1. The molecule has 1 fully saturated rings. The van der Waals surface area contributed by atoms with Gasteiger partial charge in [-0.15, -0.1) is 0 Å². The number of aromatic amines is 1. The minimum absolute atomic E-state index is 0.00213. The Morgan fingerprint density at radius 3 is 2.62 bits per heavy atom. The Hall–Kier alpha value is -1.58. The summed E-state index contributed by atoms with van der Waals surface area (Å²) in [7, 11) is 0. The van der Waals surface area contributed by atoms with Gasteiger partial charge in [-0.05, 0) is 25.3 Å². The quantitative estimate of drug-likeness (QED) is 0.621. The van der Waals surface area contributed by atoms with Gasteiger partial charge in [0.15, 0.2) is 5.78 Å². The minimum atomic E-state index is -0.100. The maximum absolute atomic E-state index is 11.8. The van der Waals surface area contributed by atoms with Crippen LogP contribution in [0.25, 0.3) is 0 Å². The summed E-state index contributed by atoms with van der Waals surface area (Å²) < 4.78 is 0. The fourth-order valence-corrected chi connectivity index (χ4v) is 1.99. The van der Waals surface area contributed by atoms with Gasteiger partial charge in [-0.25, -0.2) is 0 Å². The first kappa shape index (κ1) is 10.9. The third-order valence-corrected chi connectivity index (χ3v) is 2.94. The highest BCUT2D eigenvalue weighted by Gasteiger charge is 2.19. The molecule has 1 aliphatic heterocycles. The molecule has 4 nitrogen and oxygen atoms in total. The molecule has 2 heterocycles. The van der Waals surface area contributed by atoms with Crippen molar-refractivity contribution in [3.05, 3.63) is 24.0 Å². The maximum Gasteiger partial charge on any atom is 0.230 e. The molecule has 0 radical (unpaired) electrons. The lowest BCUT2D eigenvalue weighted by molar-refractivity contribution is -0.131. The Balaban J connectivity index is 1.89. The number of nitrogens with one attached hydrogen (secondary N) is 1. The fraction of sp³-hybridized carbons (Fsp3) is 0.500. The van der Waals surface area contributed by atoms with Crippen molar-refractivity contribution in [2.24, 2.45) is 0 Å². The molecule has 1 saturated heterocycles. The molecule has 0 atom stereocenters. The van der Waals surface area contributed by atoms with E-state index in [0.29, 0.717) is 5.56 Å². The standard InChI is InChI=1S/C12H16N2O2/c15-11(10-4-5-13-9-10)8-12(16)14-6-2-1-3-7-14/h4-5,9,13H,1-3,6-8H2. The fourth-order valence-electron chi connectivity index (χ4n) is 1.99. The monoisotopic (exact) mass is 220 g/mol. The van der Waals surface area contributed by atoms with Gasteiger partial charge in [0, 0.05) is 31.0 Å². The van der Waals surface area contributed by atoms with Crippen LogP contribution in [0, 0.1) is 0 Å². The van der Waals surface area contributed by atoms with E-state index in [9.17, 15) is 9.59 Å². The van der Waals surface area contributed by atoms with Gasteiger partial charge in [0.2, 0.25) is 5.91 Å². The SMILES string of the molecule is O=C(CC(=O)N1CCCCC1)c1cc[nH]c1. The van der Waals surface area contributed by atoms with Crippen LogP contribution in [-0.2, 0) is 4.79 Å². The number of hydrogen-bond acceptors (Lipinski definition) is 2. The van der Waals surface area contributed by atoms with E-state index in [2.05, 4.69) is 4.98 Å². The Labute approximate surface area is 94.6 Å². The zero-order chi connectivity index (χ0) is 11.4. The smallest absolute Gasteiger partial charge is 0.230 e. The lowest BCUT2D eigenvalue weighted by Crippen LogP contribution is -2.36. The van der Waals surface area contributed by atoms with E-state index in [-0.39, 0.29) is 18.1 Å². The van der Waals surface area contributed by atoms with Crippen LogP contribution in [0.4, 0.5) is 0 Å². The molecule has 1 N–H and O–H groups in total. The summed E-state index contributed by atoms with van der Waals surface area (Å²) in [4.78, 5) is 28.1. The Bertz CT molecular complexity index is 364. The number of hydrogen-bond donors (Lipinski definition) is 1. The van der Waals surface area contributed by atoms with Gasteiger partial charge in [-0.2, -0.15) is 0 Å².